The molecule has 4 heteroatoms. The summed E-state index contributed by atoms with van der Waals surface area (Å²) in [6, 6.07) is 3.41. The van der Waals surface area contributed by atoms with Crippen molar-refractivity contribution in [2.45, 2.75) is 39.5 Å². The lowest BCUT2D eigenvalue weighted by molar-refractivity contribution is 0.0692. The van der Waals surface area contributed by atoms with Crippen molar-refractivity contribution in [3.8, 4) is 5.75 Å². The minimum Gasteiger partial charge on any atom is -0.491 e. The first-order chi connectivity index (χ1) is 8.27. The van der Waals surface area contributed by atoms with Crippen LogP contribution in [0.3, 0.4) is 0 Å². The van der Waals surface area contributed by atoms with E-state index in [0.717, 1.165) is 12.0 Å². The molecule has 18 heavy (non-hydrogen) atoms. The van der Waals surface area contributed by atoms with Crippen LogP contribution >= 0.6 is 11.6 Å². The van der Waals surface area contributed by atoms with E-state index < -0.39 is 5.97 Å². The van der Waals surface area contributed by atoms with Crippen LogP contribution in [0.2, 0.25) is 5.02 Å². The fraction of sp³-hybridized carbons (Fsp3) is 0.500. The predicted octanol–water partition coefficient (Wildman–Crippen LogP) is 4.12. The van der Waals surface area contributed by atoms with Gasteiger partial charge in [0.25, 0.3) is 0 Å². The monoisotopic (exact) mass is 270 g/mol. The van der Waals surface area contributed by atoms with Crippen molar-refractivity contribution in [3.05, 3.63) is 28.3 Å². The van der Waals surface area contributed by atoms with E-state index in [2.05, 4.69) is 0 Å². The summed E-state index contributed by atoms with van der Waals surface area (Å²) in [6.45, 7) is 8.44. The summed E-state index contributed by atoms with van der Waals surface area (Å²) in [5, 5.41) is 9.60. The molecule has 0 unspecified atom stereocenters. The van der Waals surface area contributed by atoms with Gasteiger partial charge in [0.1, 0.15) is 5.56 Å². The lowest BCUT2D eigenvalue weighted by Crippen LogP contribution is -2.14. The van der Waals surface area contributed by atoms with E-state index in [4.69, 9.17) is 16.3 Å². The minimum absolute atomic E-state index is 0.126. The Morgan fingerprint density at radius 3 is 2.44 bits per heavy atom. The standard InChI is InChI=1S/C14H19ClO3/c1-5-6-18-12-10(13(16)17)7-9(8-11(12)15)14(2,3)4/h7-8H,5-6H2,1-4H3,(H,16,17). The van der Waals surface area contributed by atoms with Crippen molar-refractivity contribution in [3.63, 3.8) is 0 Å². The lowest BCUT2D eigenvalue weighted by atomic mass is 9.86. The zero-order valence-electron chi connectivity index (χ0n) is 11.2. The van der Waals surface area contributed by atoms with E-state index in [1.54, 1.807) is 12.1 Å². The maximum atomic E-state index is 11.3. The molecule has 0 atom stereocenters. The average Bonchev–Trinajstić information content (AvgIpc) is 2.25. The smallest absolute Gasteiger partial charge is 0.339 e. The highest BCUT2D eigenvalue weighted by Gasteiger charge is 2.22. The number of rotatable bonds is 4. The zero-order valence-corrected chi connectivity index (χ0v) is 12.0. The molecule has 0 spiro atoms. The number of ether oxygens (including phenoxy) is 1. The van der Waals surface area contributed by atoms with Crippen LogP contribution in [0.4, 0.5) is 0 Å². The van der Waals surface area contributed by atoms with E-state index >= 15 is 0 Å². The second-order valence-electron chi connectivity index (χ2n) is 5.24. The highest BCUT2D eigenvalue weighted by atomic mass is 35.5. The van der Waals surface area contributed by atoms with Crippen molar-refractivity contribution in [2.24, 2.45) is 0 Å². The van der Waals surface area contributed by atoms with E-state index in [1.165, 1.54) is 0 Å². The summed E-state index contributed by atoms with van der Waals surface area (Å²) >= 11 is 6.13. The molecule has 100 valence electrons. The molecule has 1 aromatic carbocycles. The van der Waals surface area contributed by atoms with Crippen molar-refractivity contribution in [2.75, 3.05) is 6.61 Å². The normalized spacial score (nSPS) is 11.4. The molecule has 0 radical (unpaired) electrons. The van der Waals surface area contributed by atoms with E-state index in [1.807, 2.05) is 27.7 Å². The van der Waals surface area contributed by atoms with Gasteiger partial charge in [-0.25, -0.2) is 4.79 Å². The van der Waals surface area contributed by atoms with Gasteiger partial charge in [0.15, 0.2) is 5.75 Å². The molecular formula is C14H19ClO3. The second kappa shape index (κ2) is 5.61. The van der Waals surface area contributed by atoms with Gasteiger partial charge in [-0.15, -0.1) is 0 Å². The van der Waals surface area contributed by atoms with Gasteiger partial charge in [-0.3, -0.25) is 0 Å². The summed E-state index contributed by atoms with van der Waals surface area (Å²) in [4.78, 5) is 11.3. The number of hydrogen-bond donors (Lipinski definition) is 1. The van der Waals surface area contributed by atoms with Gasteiger partial charge in [0, 0.05) is 0 Å². The molecule has 0 fully saturated rings. The summed E-state index contributed by atoms with van der Waals surface area (Å²) in [7, 11) is 0. The Morgan fingerprint density at radius 1 is 1.39 bits per heavy atom. The van der Waals surface area contributed by atoms with Crippen molar-refractivity contribution >= 4 is 17.6 Å². The lowest BCUT2D eigenvalue weighted by Gasteiger charge is -2.21. The number of carbonyl (C=O) groups is 1. The number of halogens is 1. The van der Waals surface area contributed by atoms with E-state index in [0.29, 0.717) is 11.6 Å². The van der Waals surface area contributed by atoms with Gasteiger partial charge in [0.2, 0.25) is 0 Å². The van der Waals surface area contributed by atoms with Gasteiger partial charge in [-0.2, -0.15) is 0 Å². The molecule has 1 rings (SSSR count). The fourth-order valence-electron chi connectivity index (χ4n) is 1.54. The number of carboxylic acids is 1. The first-order valence-corrected chi connectivity index (χ1v) is 6.35. The van der Waals surface area contributed by atoms with Gasteiger partial charge >= 0.3 is 5.97 Å². The van der Waals surface area contributed by atoms with Gasteiger partial charge in [-0.1, -0.05) is 39.3 Å². The third-order valence-corrected chi connectivity index (χ3v) is 2.87. The van der Waals surface area contributed by atoms with Gasteiger partial charge in [-0.05, 0) is 29.5 Å². The van der Waals surface area contributed by atoms with Crippen LogP contribution in [-0.2, 0) is 5.41 Å². The molecule has 0 saturated heterocycles. The summed E-state index contributed by atoms with van der Waals surface area (Å²) in [5.74, 6) is -0.756. The van der Waals surface area contributed by atoms with Crippen LogP contribution in [0.1, 0.15) is 50.0 Å². The Labute approximate surface area is 113 Å². The molecule has 0 saturated carbocycles. The number of hydrogen-bond acceptors (Lipinski definition) is 2. The quantitative estimate of drug-likeness (QED) is 0.895. The van der Waals surface area contributed by atoms with Crippen molar-refractivity contribution in [1.82, 2.24) is 0 Å². The number of carboxylic acid groups (broad SMARTS) is 1. The highest BCUT2D eigenvalue weighted by molar-refractivity contribution is 6.32. The molecule has 0 aliphatic heterocycles. The van der Waals surface area contributed by atoms with Crippen LogP contribution in [0, 0.1) is 0 Å². The fourth-order valence-corrected chi connectivity index (χ4v) is 1.81. The van der Waals surface area contributed by atoms with Crippen LogP contribution in [0.15, 0.2) is 12.1 Å². The molecule has 0 heterocycles. The molecule has 0 aliphatic carbocycles. The maximum absolute atomic E-state index is 11.3. The topological polar surface area (TPSA) is 46.5 Å². The molecule has 0 amide bonds. The summed E-state index contributed by atoms with van der Waals surface area (Å²) in [5.41, 5.74) is 0.853. The predicted molar refractivity (Wildman–Crippen MR) is 72.9 cm³/mol. The van der Waals surface area contributed by atoms with Crippen LogP contribution in [0.25, 0.3) is 0 Å². The Morgan fingerprint density at radius 2 is 2.00 bits per heavy atom. The third-order valence-electron chi connectivity index (χ3n) is 2.59. The Hall–Kier alpha value is -1.22. The summed E-state index contributed by atoms with van der Waals surface area (Å²) < 4.78 is 5.43. The third kappa shape index (κ3) is 3.39. The molecule has 3 nitrogen and oxygen atoms in total. The van der Waals surface area contributed by atoms with Gasteiger partial charge in [0.05, 0.1) is 11.6 Å². The second-order valence-corrected chi connectivity index (χ2v) is 5.65. The highest BCUT2D eigenvalue weighted by Crippen LogP contribution is 2.35. The number of benzene rings is 1. The summed E-state index contributed by atoms with van der Waals surface area (Å²) in [6.07, 6.45) is 0.802. The minimum atomic E-state index is -1.02. The van der Waals surface area contributed by atoms with E-state index in [-0.39, 0.29) is 16.7 Å². The Kier molecular flexibility index (Phi) is 4.63. The molecular weight excluding hydrogens is 252 g/mol. The van der Waals surface area contributed by atoms with Crippen LogP contribution < -0.4 is 4.74 Å². The molecule has 0 aromatic heterocycles. The first kappa shape index (κ1) is 14.8. The van der Waals surface area contributed by atoms with Crippen LogP contribution in [-0.4, -0.2) is 17.7 Å². The SMILES string of the molecule is CCCOc1c(Cl)cc(C(C)(C)C)cc1C(=O)O. The Balaban J connectivity index is 3.31. The molecule has 1 N–H and O–H groups in total. The molecule has 0 aliphatic rings. The van der Waals surface area contributed by atoms with Crippen molar-refractivity contribution < 1.29 is 14.6 Å². The van der Waals surface area contributed by atoms with Gasteiger partial charge < -0.3 is 9.84 Å². The Bertz CT molecular complexity index is 447. The number of aromatic carboxylic acids is 1. The molecule has 1 aromatic rings. The maximum Gasteiger partial charge on any atom is 0.339 e. The average molecular weight is 271 g/mol. The first-order valence-electron chi connectivity index (χ1n) is 5.97. The largest absolute Gasteiger partial charge is 0.491 e. The van der Waals surface area contributed by atoms with E-state index in [9.17, 15) is 9.90 Å². The van der Waals surface area contributed by atoms with Crippen LogP contribution in [0.5, 0.6) is 5.75 Å². The molecule has 0 bridgehead atoms. The van der Waals surface area contributed by atoms with Crippen molar-refractivity contribution in [1.29, 1.82) is 0 Å². The zero-order chi connectivity index (χ0) is 13.9.